The lowest BCUT2D eigenvalue weighted by molar-refractivity contribution is -0.140. The summed E-state index contributed by atoms with van der Waals surface area (Å²) in [6.07, 6.45) is 1.78. The zero-order chi connectivity index (χ0) is 13.5. The lowest BCUT2D eigenvalue weighted by Crippen LogP contribution is -2.34. The van der Waals surface area contributed by atoms with Gasteiger partial charge in [0.05, 0.1) is 12.4 Å². The minimum absolute atomic E-state index is 0.0516. The maximum Gasteiger partial charge on any atom is 0.339 e. The molecule has 1 aromatic heterocycles. The quantitative estimate of drug-likeness (QED) is 0.337. The van der Waals surface area contributed by atoms with Gasteiger partial charge in [0, 0.05) is 7.05 Å². The number of esters is 1. The Bertz CT molecular complexity index is 523. The molecular formula is C10H15N3O4S. The maximum atomic E-state index is 11.3. The molecule has 0 aliphatic carbocycles. The molecule has 0 atom stereocenters. The lowest BCUT2D eigenvalue weighted by atomic mass is 10.4. The molecule has 1 rings (SSSR count). The number of rotatable bonds is 6. The van der Waals surface area contributed by atoms with E-state index in [0.29, 0.717) is 6.61 Å². The van der Waals surface area contributed by atoms with E-state index in [0.717, 1.165) is 24.6 Å². The molecule has 0 spiro atoms. The second-order valence-corrected chi connectivity index (χ2v) is 4.50. The van der Waals surface area contributed by atoms with Crippen molar-refractivity contribution in [3.8, 4) is 0 Å². The average Bonchev–Trinajstić information content (AvgIpc) is 2.32. The number of aryl methyl sites for hydroxylation is 1. The van der Waals surface area contributed by atoms with Gasteiger partial charge in [-0.1, -0.05) is 25.1 Å². The van der Waals surface area contributed by atoms with Crippen LogP contribution in [0, 0.1) is 0 Å². The van der Waals surface area contributed by atoms with Crippen molar-refractivity contribution >= 4 is 17.7 Å². The fourth-order valence-corrected chi connectivity index (χ4v) is 1.80. The van der Waals surface area contributed by atoms with Gasteiger partial charge in [-0.25, -0.2) is 0 Å². The molecule has 0 aliphatic heterocycles. The molecule has 1 aromatic rings. The zero-order valence-corrected chi connectivity index (χ0v) is 11.1. The molecule has 1 heterocycles. The van der Waals surface area contributed by atoms with Crippen LogP contribution in [-0.2, 0) is 16.6 Å². The van der Waals surface area contributed by atoms with Crippen LogP contribution in [0.4, 0.5) is 0 Å². The number of carbonyl (C=O) groups excluding carboxylic acids is 1. The SMILES string of the molecule is CCCCOC(=O)CSc1nc(=O)c(=O)[nH]n1C. The molecule has 8 heteroatoms. The highest BCUT2D eigenvalue weighted by Crippen LogP contribution is 2.11. The molecule has 0 saturated heterocycles. The summed E-state index contributed by atoms with van der Waals surface area (Å²) >= 11 is 1.04. The first-order chi connectivity index (χ1) is 8.54. The number of aromatic amines is 1. The van der Waals surface area contributed by atoms with Crippen LogP contribution in [0.2, 0.25) is 0 Å². The summed E-state index contributed by atoms with van der Waals surface area (Å²) in [4.78, 5) is 36.9. The predicted octanol–water partition coefficient (Wildman–Crippen LogP) is -0.0960. The Morgan fingerprint density at radius 1 is 1.50 bits per heavy atom. The van der Waals surface area contributed by atoms with Crippen LogP contribution >= 0.6 is 11.8 Å². The van der Waals surface area contributed by atoms with Gasteiger partial charge in [-0.15, -0.1) is 0 Å². The summed E-state index contributed by atoms with van der Waals surface area (Å²) in [5.41, 5.74) is -1.65. The van der Waals surface area contributed by atoms with Gasteiger partial charge in [0.25, 0.3) is 0 Å². The highest BCUT2D eigenvalue weighted by molar-refractivity contribution is 7.99. The standard InChI is InChI=1S/C10H15N3O4S/c1-3-4-5-17-7(14)6-18-10-11-8(15)9(16)12-13(10)2/h3-6H2,1-2H3,(H,12,16). The lowest BCUT2D eigenvalue weighted by Gasteiger charge is -2.06. The Labute approximate surface area is 108 Å². The number of nitrogens with zero attached hydrogens (tertiary/aromatic N) is 2. The smallest absolute Gasteiger partial charge is 0.339 e. The monoisotopic (exact) mass is 273 g/mol. The normalized spacial score (nSPS) is 10.3. The first-order valence-electron chi connectivity index (χ1n) is 5.50. The van der Waals surface area contributed by atoms with Crippen LogP contribution in [0.25, 0.3) is 0 Å². The Morgan fingerprint density at radius 3 is 2.89 bits per heavy atom. The van der Waals surface area contributed by atoms with E-state index in [4.69, 9.17) is 4.74 Å². The topological polar surface area (TPSA) is 94.1 Å². The number of H-pyrrole nitrogens is 1. The van der Waals surface area contributed by atoms with Crippen LogP contribution in [-0.4, -0.2) is 33.1 Å². The van der Waals surface area contributed by atoms with Crippen molar-refractivity contribution < 1.29 is 9.53 Å². The second kappa shape index (κ2) is 7.00. The number of ether oxygens (including phenoxy) is 1. The molecule has 0 unspecified atom stereocenters. The Morgan fingerprint density at radius 2 is 2.22 bits per heavy atom. The number of carbonyl (C=O) groups is 1. The van der Waals surface area contributed by atoms with E-state index >= 15 is 0 Å². The average molecular weight is 273 g/mol. The first kappa shape index (κ1) is 14.5. The highest BCUT2D eigenvalue weighted by atomic mass is 32.2. The van der Waals surface area contributed by atoms with Crippen LogP contribution < -0.4 is 11.1 Å². The summed E-state index contributed by atoms with van der Waals surface area (Å²) in [6.45, 7) is 2.40. The molecular weight excluding hydrogens is 258 g/mol. The van der Waals surface area contributed by atoms with Gasteiger partial charge in [-0.05, 0) is 6.42 Å². The van der Waals surface area contributed by atoms with Gasteiger partial charge >= 0.3 is 17.1 Å². The van der Waals surface area contributed by atoms with Crippen LogP contribution in [0.1, 0.15) is 19.8 Å². The summed E-state index contributed by atoms with van der Waals surface area (Å²) in [7, 11) is 1.54. The third-order valence-electron chi connectivity index (χ3n) is 2.03. The number of hydrogen-bond donors (Lipinski definition) is 1. The maximum absolute atomic E-state index is 11.3. The highest BCUT2D eigenvalue weighted by Gasteiger charge is 2.08. The van der Waals surface area contributed by atoms with Crippen molar-refractivity contribution in [2.24, 2.45) is 7.05 Å². The Kier molecular flexibility index (Phi) is 5.63. The predicted molar refractivity (Wildman–Crippen MR) is 66.7 cm³/mol. The van der Waals surface area contributed by atoms with Crippen molar-refractivity contribution in [2.45, 2.75) is 24.9 Å². The Hall–Kier alpha value is -1.57. The van der Waals surface area contributed by atoms with Crippen molar-refractivity contribution in [1.29, 1.82) is 0 Å². The van der Waals surface area contributed by atoms with Gasteiger partial charge in [0.1, 0.15) is 0 Å². The minimum Gasteiger partial charge on any atom is -0.465 e. The van der Waals surface area contributed by atoms with Crippen LogP contribution in [0.3, 0.4) is 0 Å². The molecule has 18 heavy (non-hydrogen) atoms. The fourth-order valence-electron chi connectivity index (χ4n) is 1.09. The van der Waals surface area contributed by atoms with E-state index in [-0.39, 0.29) is 16.9 Å². The van der Waals surface area contributed by atoms with Gasteiger partial charge in [-0.2, -0.15) is 4.98 Å². The van der Waals surface area contributed by atoms with Crippen molar-refractivity contribution in [3.05, 3.63) is 20.7 Å². The molecule has 0 saturated carbocycles. The largest absolute Gasteiger partial charge is 0.465 e. The molecule has 0 bridgehead atoms. The van der Waals surface area contributed by atoms with Crippen molar-refractivity contribution in [1.82, 2.24) is 14.8 Å². The number of aromatic nitrogens is 3. The summed E-state index contributed by atoms with van der Waals surface area (Å²) in [5.74, 6) is -0.315. The number of nitrogens with one attached hydrogen (secondary N) is 1. The van der Waals surface area contributed by atoms with Crippen molar-refractivity contribution in [2.75, 3.05) is 12.4 Å². The molecule has 0 fully saturated rings. The van der Waals surface area contributed by atoms with E-state index < -0.39 is 11.1 Å². The van der Waals surface area contributed by atoms with Gasteiger partial charge < -0.3 is 4.74 Å². The molecule has 0 aromatic carbocycles. The van der Waals surface area contributed by atoms with E-state index in [1.165, 1.54) is 4.68 Å². The summed E-state index contributed by atoms with van der Waals surface area (Å²) < 4.78 is 6.25. The van der Waals surface area contributed by atoms with Crippen LogP contribution in [0.15, 0.2) is 14.7 Å². The first-order valence-corrected chi connectivity index (χ1v) is 6.49. The molecule has 0 amide bonds. The molecule has 100 valence electrons. The fraction of sp³-hybridized carbons (Fsp3) is 0.600. The molecule has 0 aliphatic rings. The summed E-state index contributed by atoms with van der Waals surface area (Å²) in [5, 5.41) is 2.57. The van der Waals surface area contributed by atoms with Crippen molar-refractivity contribution in [3.63, 3.8) is 0 Å². The molecule has 7 nitrogen and oxygen atoms in total. The van der Waals surface area contributed by atoms with E-state index in [2.05, 4.69) is 10.1 Å². The number of hydrogen-bond acceptors (Lipinski definition) is 6. The molecule has 0 radical (unpaired) electrons. The van der Waals surface area contributed by atoms with E-state index in [9.17, 15) is 14.4 Å². The third-order valence-corrected chi connectivity index (χ3v) is 3.03. The Balaban J connectivity index is 2.53. The van der Waals surface area contributed by atoms with Gasteiger partial charge in [-0.3, -0.25) is 24.2 Å². The van der Waals surface area contributed by atoms with Crippen LogP contribution in [0.5, 0.6) is 0 Å². The number of thioether (sulfide) groups is 1. The number of unbranched alkanes of at least 4 members (excludes halogenated alkanes) is 1. The minimum atomic E-state index is -0.866. The van der Waals surface area contributed by atoms with E-state index in [1.807, 2.05) is 6.92 Å². The molecule has 1 N–H and O–H groups in total. The van der Waals surface area contributed by atoms with E-state index in [1.54, 1.807) is 7.05 Å². The zero-order valence-electron chi connectivity index (χ0n) is 10.3. The third kappa shape index (κ3) is 4.36. The summed E-state index contributed by atoms with van der Waals surface area (Å²) in [6, 6.07) is 0. The van der Waals surface area contributed by atoms with Gasteiger partial charge in [0.15, 0.2) is 5.16 Å². The van der Waals surface area contributed by atoms with Gasteiger partial charge in [0.2, 0.25) is 0 Å². The second-order valence-electron chi connectivity index (χ2n) is 3.56.